The summed E-state index contributed by atoms with van der Waals surface area (Å²) in [6.07, 6.45) is 0. The van der Waals surface area contributed by atoms with Crippen molar-refractivity contribution in [1.82, 2.24) is 20.5 Å². The van der Waals surface area contributed by atoms with Crippen LogP contribution in [0.25, 0.3) is 10.6 Å². The quantitative estimate of drug-likeness (QED) is 0.738. The van der Waals surface area contributed by atoms with Crippen molar-refractivity contribution >= 4 is 11.3 Å². The molecular formula is C18H22N4OS. The van der Waals surface area contributed by atoms with Crippen LogP contribution in [0.3, 0.4) is 0 Å². The molecule has 24 heavy (non-hydrogen) atoms. The Hall–Kier alpha value is -2.05. The van der Waals surface area contributed by atoms with Gasteiger partial charge in [0.05, 0.1) is 11.7 Å². The Labute approximate surface area is 146 Å². The summed E-state index contributed by atoms with van der Waals surface area (Å²) >= 11 is 1.73. The Morgan fingerprint density at radius 2 is 1.71 bits per heavy atom. The molecule has 3 rings (SSSR count). The Kier molecular flexibility index (Phi) is 4.78. The number of benzene rings is 1. The van der Waals surface area contributed by atoms with E-state index in [1.807, 2.05) is 6.92 Å². The van der Waals surface area contributed by atoms with Crippen LogP contribution in [0.4, 0.5) is 0 Å². The first-order chi connectivity index (χ1) is 11.4. The minimum atomic E-state index is -0.00877. The zero-order chi connectivity index (χ0) is 17.3. The molecule has 1 N–H and O–H groups in total. The highest BCUT2D eigenvalue weighted by molar-refractivity contribution is 7.15. The van der Waals surface area contributed by atoms with Crippen LogP contribution in [-0.2, 0) is 0 Å². The van der Waals surface area contributed by atoms with E-state index >= 15 is 0 Å². The smallest absolute Gasteiger partial charge is 0.233 e. The third-order valence-electron chi connectivity index (χ3n) is 3.94. The lowest BCUT2D eigenvalue weighted by Gasteiger charge is -2.16. The van der Waals surface area contributed by atoms with Gasteiger partial charge in [0, 0.05) is 23.4 Å². The summed E-state index contributed by atoms with van der Waals surface area (Å²) in [6, 6.07) is 8.63. The van der Waals surface area contributed by atoms with E-state index in [1.54, 1.807) is 18.3 Å². The van der Waals surface area contributed by atoms with Gasteiger partial charge in [0.2, 0.25) is 11.8 Å². The van der Waals surface area contributed by atoms with Crippen molar-refractivity contribution in [3.05, 3.63) is 52.2 Å². The molecule has 6 heteroatoms. The lowest BCUT2D eigenvalue weighted by Crippen LogP contribution is -2.22. The molecule has 1 aromatic carbocycles. The molecule has 3 aromatic rings. The summed E-state index contributed by atoms with van der Waals surface area (Å²) in [5.41, 5.74) is 3.48. The average molecular weight is 342 g/mol. The van der Waals surface area contributed by atoms with Gasteiger partial charge in [-0.3, -0.25) is 5.32 Å². The first-order valence-electron chi connectivity index (χ1n) is 8.04. The van der Waals surface area contributed by atoms with Crippen LogP contribution < -0.4 is 5.32 Å². The average Bonchev–Trinajstić information content (AvgIpc) is 3.14. The zero-order valence-corrected chi connectivity index (χ0v) is 15.4. The first kappa shape index (κ1) is 16.8. The minimum absolute atomic E-state index is 0.00877. The van der Waals surface area contributed by atoms with Gasteiger partial charge in [-0.2, -0.15) is 0 Å². The predicted octanol–water partition coefficient (Wildman–Crippen LogP) is 4.53. The van der Waals surface area contributed by atoms with Crippen molar-refractivity contribution in [1.29, 1.82) is 0 Å². The van der Waals surface area contributed by atoms with Crippen LogP contribution in [0.5, 0.6) is 0 Å². The molecule has 2 atom stereocenters. The third kappa shape index (κ3) is 3.55. The van der Waals surface area contributed by atoms with E-state index in [2.05, 4.69) is 60.6 Å². The van der Waals surface area contributed by atoms with Crippen LogP contribution in [0.1, 0.15) is 53.8 Å². The number of aryl methyl sites for hydroxylation is 3. The largest absolute Gasteiger partial charge is 0.424 e. The standard InChI is InChI=1S/C18H22N4OS/c1-10-6-8-15(9-7-10)18-20-12(3)16(24-18)11(2)19-13(4)17-22-21-14(5)23-17/h6-9,11,13,19H,1-5H3/t11-,13+/m0/s1. The van der Waals surface area contributed by atoms with Crippen molar-refractivity contribution in [2.45, 2.75) is 46.7 Å². The molecule has 0 aliphatic carbocycles. The van der Waals surface area contributed by atoms with E-state index in [0.29, 0.717) is 11.8 Å². The van der Waals surface area contributed by atoms with Crippen LogP contribution in [0.15, 0.2) is 28.7 Å². The second-order valence-electron chi connectivity index (χ2n) is 6.10. The molecule has 0 saturated heterocycles. The van der Waals surface area contributed by atoms with Gasteiger partial charge in [-0.1, -0.05) is 29.8 Å². The minimum Gasteiger partial charge on any atom is -0.424 e. The number of aromatic nitrogens is 3. The second-order valence-corrected chi connectivity index (χ2v) is 7.13. The van der Waals surface area contributed by atoms with Crippen LogP contribution >= 0.6 is 11.3 Å². The van der Waals surface area contributed by atoms with Crippen molar-refractivity contribution in [2.24, 2.45) is 0 Å². The molecular weight excluding hydrogens is 320 g/mol. The molecule has 2 aromatic heterocycles. The van der Waals surface area contributed by atoms with Crippen molar-refractivity contribution < 1.29 is 4.42 Å². The number of hydrogen-bond donors (Lipinski definition) is 1. The van der Waals surface area contributed by atoms with E-state index in [0.717, 1.165) is 16.3 Å². The number of thiazole rings is 1. The van der Waals surface area contributed by atoms with E-state index in [9.17, 15) is 0 Å². The molecule has 0 bridgehead atoms. The number of nitrogens with zero attached hydrogens (tertiary/aromatic N) is 3. The zero-order valence-electron chi connectivity index (χ0n) is 14.6. The molecule has 0 radical (unpaired) electrons. The van der Waals surface area contributed by atoms with Gasteiger partial charge in [0.15, 0.2) is 0 Å². The molecule has 0 spiro atoms. The van der Waals surface area contributed by atoms with Crippen LogP contribution in [0.2, 0.25) is 0 Å². The van der Waals surface area contributed by atoms with Gasteiger partial charge >= 0.3 is 0 Å². The van der Waals surface area contributed by atoms with Gasteiger partial charge in [0.25, 0.3) is 0 Å². The maximum atomic E-state index is 5.50. The molecule has 2 heterocycles. The first-order valence-corrected chi connectivity index (χ1v) is 8.86. The number of hydrogen-bond acceptors (Lipinski definition) is 6. The third-order valence-corrected chi connectivity index (χ3v) is 5.33. The maximum absolute atomic E-state index is 5.50. The van der Waals surface area contributed by atoms with E-state index in [4.69, 9.17) is 9.40 Å². The Bertz CT molecular complexity index is 822. The monoisotopic (exact) mass is 342 g/mol. The normalized spacial score (nSPS) is 13.9. The molecule has 5 nitrogen and oxygen atoms in total. The van der Waals surface area contributed by atoms with Crippen molar-refractivity contribution in [3.63, 3.8) is 0 Å². The Morgan fingerprint density at radius 3 is 2.33 bits per heavy atom. The van der Waals surface area contributed by atoms with Crippen molar-refractivity contribution in [3.8, 4) is 10.6 Å². The van der Waals surface area contributed by atoms with E-state index < -0.39 is 0 Å². The molecule has 126 valence electrons. The lowest BCUT2D eigenvalue weighted by molar-refractivity contribution is 0.381. The van der Waals surface area contributed by atoms with Gasteiger partial charge in [0.1, 0.15) is 5.01 Å². The molecule has 0 amide bonds. The van der Waals surface area contributed by atoms with Gasteiger partial charge in [-0.15, -0.1) is 21.5 Å². The molecule has 0 fully saturated rings. The van der Waals surface area contributed by atoms with Gasteiger partial charge in [-0.25, -0.2) is 4.98 Å². The summed E-state index contributed by atoms with van der Waals surface area (Å²) in [5.74, 6) is 1.20. The molecule has 0 aliphatic rings. The summed E-state index contributed by atoms with van der Waals surface area (Å²) in [7, 11) is 0. The highest BCUT2D eigenvalue weighted by Gasteiger charge is 2.20. The lowest BCUT2D eigenvalue weighted by atomic mass is 10.1. The fraction of sp³-hybridized carbons (Fsp3) is 0.389. The maximum Gasteiger partial charge on any atom is 0.233 e. The van der Waals surface area contributed by atoms with Gasteiger partial charge in [-0.05, 0) is 27.7 Å². The van der Waals surface area contributed by atoms with Gasteiger partial charge < -0.3 is 4.42 Å². The predicted molar refractivity (Wildman–Crippen MR) is 96.0 cm³/mol. The van der Waals surface area contributed by atoms with E-state index in [-0.39, 0.29) is 12.1 Å². The van der Waals surface area contributed by atoms with Crippen LogP contribution in [-0.4, -0.2) is 15.2 Å². The second kappa shape index (κ2) is 6.83. The highest BCUT2D eigenvalue weighted by atomic mass is 32.1. The van der Waals surface area contributed by atoms with Crippen LogP contribution in [0, 0.1) is 20.8 Å². The Balaban J connectivity index is 1.77. The SMILES string of the molecule is Cc1ccc(-c2nc(C)c([C@H](C)N[C@H](C)c3nnc(C)o3)s2)cc1. The van der Waals surface area contributed by atoms with Crippen molar-refractivity contribution in [2.75, 3.05) is 0 Å². The summed E-state index contributed by atoms with van der Waals surface area (Å²) in [6.45, 7) is 10.1. The molecule has 0 unspecified atom stereocenters. The molecule has 0 saturated carbocycles. The topological polar surface area (TPSA) is 63.8 Å². The number of nitrogens with one attached hydrogen (secondary N) is 1. The fourth-order valence-electron chi connectivity index (χ4n) is 2.64. The summed E-state index contributed by atoms with van der Waals surface area (Å²) in [4.78, 5) is 5.97. The van der Waals surface area contributed by atoms with E-state index in [1.165, 1.54) is 10.4 Å². The highest BCUT2D eigenvalue weighted by Crippen LogP contribution is 2.32. The fourth-order valence-corrected chi connectivity index (χ4v) is 3.72. The number of rotatable bonds is 5. The summed E-state index contributed by atoms with van der Waals surface area (Å²) in [5, 5.41) is 12.5. The summed E-state index contributed by atoms with van der Waals surface area (Å²) < 4.78 is 5.50. The Morgan fingerprint density at radius 1 is 1.00 bits per heavy atom. The molecule has 0 aliphatic heterocycles.